The number of piperidine rings is 1. The number of halogens is 1. The molecule has 1 fully saturated rings. The first-order valence-electron chi connectivity index (χ1n) is 6.24. The van der Waals surface area contributed by atoms with Crippen molar-refractivity contribution in [1.29, 1.82) is 0 Å². The van der Waals surface area contributed by atoms with Gasteiger partial charge in [0.2, 0.25) is 0 Å². The predicted molar refractivity (Wildman–Crippen MR) is 73.4 cm³/mol. The number of hydrogen-bond acceptors (Lipinski definition) is 3. The van der Waals surface area contributed by atoms with Crippen LogP contribution in [-0.2, 0) is 0 Å². The molecule has 0 amide bonds. The Bertz CT molecular complexity index is 384. The quantitative estimate of drug-likeness (QED) is 0.880. The molecule has 0 radical (unpaired) electrons. The van der Waals surface area contributed by atoms with Crippen LogP contribution in [0.2, 0.25) is 5.02 Å². The van der Waals surface area contributed by atoms with Crippen molar-refractivity contribution in [3.8, 4) is 0 Å². The molecule has 0 spiro atoms. The average molecular weight is 254 g/mol. The summed E-state index contributed by atoms with van der Waals surface area (Å²) in [4.78, 5) is 6.60. The number of anilines is 2. The number of aromatic nitrogens is 1. The fourth-order valence-corrected chi connectivity index (χ4v) is 2.75. The van der Waals surface area contributed by atoms with Crippen molar-refractivity contribution in [3.05, 3.63) is 17.3 Å². The maximum Gasteiger partial charge on any atom is 0.147 e. The van der Waals surface area contributed by atoms with Gasteiger partial charge < -0.3 is 10.6 Å². The van der Waals surface area contributed by atoms with Gasteiger partial charge in [-0.15, -0.1) is 0 Å². The van der Waals surface area contributed by atoms with Gasteiger partial charge in [-0.25, -0.2) is 4.98 Å². The lowest BCUT2D eigenvalue weighted by Gasteiger charge is -2.34. The Morgan fingerprint density at radius 1 is 1.41 bits per heavy atom. The van der Waals surface area contributed by atoms with Gasteiger partial charge in [-0.1, -0.05) is 25.4 Å². The fraction of sp³-hybridized carbons (Fsp3) is 0.615. The summed E-state index contributed by atoms with van der Waals surface area (Å²) in [5.74, 6) is 2.48. The number of pyridine rings is 1. The SMILES string of the molecule is CC(C)C1CCN(c2ncc(N)cc2Cl)CC1. The standard InChI is InChI=1S/C13H20ClN3/c1-9(2)10-3-5-17(6-4-10)13-12(14)7-11(15)8-16-13/h7-10H,3-6,15H2,1-2H3. The number of nitrogens with zero attached hydrogens (tertiary/aromatic N) is 2. The molecular weight excluding hydrogens is 234 g/mol. The van der Waals surface area contributed by atoms with Crippen molar-refractivity contribution in [2.75, 3.05) is 23.7 Å². The van der Waals surface area contributed by atoms with Crippen LogP contribution in [-0.4, -0.2) is 18.1 Å². The monoisotopic (exact) mass is 253 g/mol. The molecule has 0 atom stereocenters. The second-order valence-electron chi connectivity index (χ2n) is 5.14. The van der Waals surface area contributed by atoms with Gasteiger partial charge in [0.05, 0.1) is 16.9 Å². The fourth-order valence-electron chi connectivity index (χ4n) is 2.46. The van der Waals surface area contributed by atoms with Crippen molar-refractivity contribution < 1.29 is 0 Å². The molecule has 2 N–H and O–H groups in total. The lowest BCUT2D eigenvalue weighted by Crippen LogP contribution is -2.35. The zero-order chi connectivity index (χ0) is 12.4. The summed E-state index contributed by atoms with van der Waals surface area (Å²) >= 11 is 6.18. The van der Waals surface area contributed by atoms with Gasteiger partial charge in [0.15, 0.2) is 0 Å². The summed E-state index contributed by atoms with van der Waals surface area (Å²) < 4.78 is 0. The topological polar surface area (TPSA) is 42.2 Å². The van der Waals surface area contributed by atoms with Crippen LogP contribution in [0.1, 0.15) is 26.7 Å². The molecule has 0 saturated carbocycles. The van der Waals surface area contributed by atoms with Gasteiger partial charge in [-0.05, 0) is 30.7 Å². The molecule has 1 aromatic heterocycles. The highest BCUT2D eigenvalue weighted by atomic mass is 35.5. The molecule has 1 aliphatic heterocycles. The highest BCUT2D eigenvalue weighted by Gasteiger charge is 2.23. The Morgan fingerprint density at radius 2 is 2.06 bits per heavy atom. The smallest absolute Gasteiger partial charge is 0.147 e. The highest BCUT2D eigenvalue weighted by Crippen LogP contribution is 2.31. The van der Waals surface area contributed by atoms with Gasteiger partial charge in [-0.2, -0.15) is 0 Å². The molecule has 2 heterocycles. The van der Waals surface area contributed by atoms with Crippen molar-refractivity contribution in [3.63, 3.8) is 0 Å². The summed E-state index contributed by atoms with van der Waals surface area (Å²) in [6.45, 7) is 6.68. The third kappa shape index (κ3) is 2.83. The van der Waals surface area contributed by atoms with E-state index in [9.17, 15) is 0 Å². The first-order chi connectivity index (χ1) is 8.08. The van der Waals surface area contributed by atoms with Crippen molar-refractivity contribution in [2.45, 2.75) is 26.7 Å². The summed E-state index contributed by atoms with van der Waals surface area (Å²) in [5, 5.41) is 0.660. The molecule has 94 valence electrons. The van der Waals surface area contributed by atoms with E-state index in [0.29, 0.717) is 10.7 Å². The molecule has 2 rings (SSSR count). The number of nitrogens with two attached hydrogens (primary N) is 1. The molecule has 1 aromatic rings. The van der Waals surface area contributed by atoms with Crippen molar-refractivity contribution >= 4 is 23.1 Å². The van der Waals surface area contributed by atoms with E-state index in [-0.39, 0.29) is 0 Å². The van der Waals surface area contributed by atoms with E-state index in [1.807, 2.05) is 0 Å². The van der Waals surface area contributed by atoms with Crippen molar-refractivity contribution in [1.82, 2.24) is 4.98 Å². The minimum absolute atomic E-state index is 0.621. The van der Waals surface area contributed by atoms with Crippen LogP contribution in [0.25, 0.3) is 0 Å². The molecule has 1 saturated heterocycles. The van der Waals surface area contributed by atoms with Crippen LogP contribution >= 0.6 is 11.6 Å². The zero-order valence-electron chi connectivity index (χ0n) is 10.5. The molecule has 0 bridgehead atoms. The van der Waals surface area contributed by atoms with Gasteiger partial charge >= 0.3 is 0 Å². The van der Waals surface area contributed by atoms with Crippen LogP contribution in [0.4, 0.5) is 11.5 Å². The van der Waals surface area contributed by atoms with Crippen LogP contribution in [0.5, 0.6) is 0 Å². The van der Waals surface area contributed by atoms with E-state index in [1.165, 1.54) is 12.8 Å². The first-order valence-corrected chi connectivity index (χ1v) is 6.61. The van der Waals surface area contributed by atoms with E-state index in [0.717, 1.165) is 30.7 Å². The summed E-state index contributed by atoms with van der Waals surface area (Å²) in [7, 11) is 0. The van der Waals surface area contributed by atoms with Crippen LogP contribution in [0.3, 0.4) is 0 Å². The Hall–Kier alpha value is -0.960. The number of hydrogen-bond donors (Lipinski definition) is 1. The normalized spacial score (nSPS) is 17.8. The van der Waals surface area contributed by atoms with Gasteiger partial charge in [-0.3, -0.25) is 0 Å². The van der Waals surface area contributed by atoms with Crippen LogP contribution in [0.15, 0.2) is 12.3 Å². The minimum atomic E-state index is 0.621. The Labute approximate surface area is 108 Å². The molecule has 3 nitrogen and oxygen atoms in total. The molecule has 0 aliphatic carbocycles. The second-order valence-corrected chi connectivity index (χ2v) is 5.55. The molecule has 4 heteroatoms. The lowest BCUT2D eigenvalue weighted by atomic mass is 9.87. The van der Waals surface area contributed by atoms with Gasteiger partial charge in [0, 0.05) is 13.1 Å². The van der Waals surface area contributed by atoms with Gasteiger partial charge in [0.1, 0.15) is 5.82 Å². The second kappa shape index (κ2) is 5.13. The van der Waals surface area contributed by atoms with E-state index < -0.39 is 0 Å². The van der Waals surface area contributed by atoms with Crippen LogP contribution < -0.4 is 10.6 Å². The molecular formula is C13H20ClN3. The zero-order valence-corrected chi connectivity index (χ0v) is 11.2. The molecule has 0 aromatic carbocycles. The first kappa shape index (κ1) is 12.5. The molecule has 1 aliphatic rings. The average Bonchev–Trinajstić information content (AvgIpc) is 2.29. The maximum atomic E-state index is 6.18. The molecule has 17 heavy (non-hydrogen) atoms. The minimum Gasteiger partial charge on any atom is -0.397 e. The van der Waals surface area contributed by atoms with Gasteiger partial charge in [0.25, 0.3) is 0 Å². The van der Waals surface area contributed by atoms with E-state index in [2.05, 4.69) is 23.7 Å². The largest absolute Gasteiger partial charge is 0.397 e. The maximum absolute atomic E-state index is 6.18. The number of rotatable bonds is 2. The Balaban J connectivity index is 2.05. The lowest BCUT2D eigenvalue weighted by molar-refractivity contribution is 0.311. The summed E-state index contributed by atoms with van der Waals surface area (Å²) in [5.41, 5.74) is 6.27. The Kier molecular flexibility index (Phi) is 3.77. The molecule has 0 unspecified atom stereocenters. The van der Waals surface area contributed by atoms with E-state index in [4.69, 9.17) is 17.3 Å². The van der Waals surface area contributed by atoms with E-state index in [1.54, 1.807) is 12.3 Å². The third-order valence-corrected chi connectivity index (χ3v) is 3.90. The highest BCUT2D eigenvalue weighted by molar-refractivity contribution is 6.33. The van der Waals surface area contributed by atoms with Crippen LogP contribution in [0, 0.1) is 11.8 Å². The Morgan fingerprint density at radius 3 is 2.59 bits per heavy atom. The third-order valence-electron chi connectivity index (χ3n) is 3.62. The summed E-state index contributed by atoms with van der Waals surface area (Å²) in [6, 6.07) is 1.78. The van der Waals surface area contributed by atoms with Crippen molar-refractivity contribution in [2.24, 2.45) is 11.8 Å². The van der Waals surface area contributed by atoms with E-state index >= 15 is 0 Å². The predicted octanol–water partition coefficient (Wildman–Crippen LogP) is 3.19. The summed E-state index contributed by atoms with van der Waals surface area (Å²) in [6.07, 6.45) is 4.12. The number of nitrogen functional groups attached to an aromatic ring is 1.